The molecule has 0 aromatic heterocycles. The Kier molecular flexibility index (Phi) is 5.41. The van der Waals surface area contributed by atoms with Gasteiger partial charge in [0, 0.05) is 35.9 Å². The molecule has 0 bridgehead atoms. The Bertz CT molecular complexity index is 554. The van der Waals surface area contributed by atoms with E-state index < -0.39 is 0 Å². The lowest BCUT2D eigenvalue weighted by Gasteiger charge is -2.31. The lowest BCUT2D eigenvalue weighted by Crippen LogP contribution is -2.46. The molecule has 23 heavy (non-hydrogen) atoms. The predicted octanol–water partition coefficient (Wildman–Crippen LogP) is 2.79. The van der Waals surface area contributed by atoms with Gasteiger partial charge in [0.2, 0.25) is 0 Å². The first kappa shape index (κ1) is 16.6. The molecular formula is C17H24ClN3O2. The average Bonchev–Trinajstić information content (AvgIpc) is 3.16. The highest BCUT2D eigenvalue weighted by Gasteiger charge is 2.33. The topological polar surface area (TPSA) is 55.8 Å². The fourth-order valence-corrected chi connectivity index (χ4v) is 3.86. The summed E-state index contributed by atoms with van der Waals surface area (Å²) in [6.45, 7) is 2.87. The van der Waals surface area contributed by atoms with Crippen LogP contribution in [0.5, 0.6) is 0 Å². The van der Waals surface area contributed by atoms with E-state index in [9.17, 15) is 9.90 Å². The van der Waals surface area contributed by atoms with Crippen LogP contribution in [0.4, 0.5) is 10.5 Å². The molecule has 0 aliphatic carbocycles. The van der Waals surface area contributed by atoms with Crippen molar-refractivity contribution in [3.63, 3.8) is 0 Å². The largest absolute Gasteiger partial charge is 0.395 e. The van der Waals surface area contributed by atoms with Gasteiger partial charge in [-0.3, -0.25) is 4.90 Å². The summed E-state index contributed by atoms with van der Waals surface area (Å²) in [5.74, 6) is 0. The van der Waals surface area contributed by atoms with Gasteiger partial charge in [-0.1, -0.05) is 17.7 Å². The van der Waals surface area contributed by atoms with Gasteiger partial charge in [-0.15, -0.1) is 0 Å². The van der Waals surface area contributed by atoms with Crippen molar-refractivity contribution in [3.05, 3.63) is 29.3 Å². The molecule has 6 heteroatoms. The highest BCUT2D eigenvalue weighted by molar-refractivity contribution is 6.30. The molecule has 2 N–H and O–H groups in total. The van der Waals surface area contributed by atoms with Crippen molar-refractivity contribution in [2.24, 2.45) is 0 Å². The third-order valence-corrected chi connectivity index (χ3v) is 5.10. The van der Waals surface area contributed by atoms with E-state index in [4.69, 9.17) is 11.6 Å². The van der Waals surface area contributed by atoms with Crippen LogP contribution in [-0.4, -0.2) is 59.3 Å². The van der Waals surface area contributed by atoms with Crippen molar-refractivity contribution >= 4 is 23.3 Å². The second kappa shape index (κ2) is 7.51. The van der Waals surface area contributed by atoms with Gasteiger partial charge >= 0.3 is 6.03 Å². The zero-order chi connectivity index (χ0) is 16.2. The van der Waals surface area contributed by atoms with Crippen LogP contribution < -0.4 is 5.32 Å². The minimum absolute atomic E-state index is 0.0606. The molecule has 0 saturated carbocycles. The van der Waals surface area contributed by atoms with E-state index >= 15 is 0 Å². The number of rotatable bonds is 4. The summed E-state index contributed by atoms with van der Waals surface area (Å²) in [6, 6.07) is 7.64. The van der Waals surface area contributed by atoms with E-state index in [1.807, 2.05) is 17.0 Å². The number of carbonyl (C=O) groups is 1. The third-order valence-electron chi connectivity index (χ3n) is 4.87. The Labute approximate surface area is 142 Å². The number of hydrogen-bond acceptors (Lipinski definition) is 3. The molecule has 1 aromatic rings. The van der Waals surface area contributed by atoms with Gasteiger partial charge in [0.15, 0.2) is 0 Å². The molecule has 3 rings (SSSR count). The van der Waals surface area contributed by atoms with E-state index in [1.165, 1.54) is 0 Å². The van der Waals surface area contributed by atoms with Crippen LogP contribution in [-0.2, 0) is 0 Å². The van der Waals surface area contributed by atoms with Gasteiger partial charge in [-0.05, 0) is 50.4 Å². The van der Waals surface area contributed by atoms with E-state index in [0.29, 0.717) is 5.02 Å². The summed E-state index contributed by atoms with van der Waals surface area (Å²) in [5, 5.41) is 13.0. The molecule has 2 saturated heterocycles. The lowest BCUT2D eigenvalue weighted by molar-refractivity contribution is 0.130. The fraction of sp³-hybridized carbons (Fsp3) is 0.588. The van der Waals surface area contributed by atoms with Crippen molar-refractivity contribution in [2.75, 3.05) is 31.6 Å². The summed E-state index contributed by atoms with van der Waals surface area (Å²) in [5.41, 5.74) is 0.725. The van der Waals surface area contributed by atoms with Gasteiger partial charge in [0.05, 0.1) is 6.61 Å². The Morgan fingerprint density at radius 1 is 1.26 bits per heavy atom. The molecule has 1 aromatic carbocycles. The number of halogens is 1. The van der Waals surface area contributed by atoms with Crippen LogP contribution in [0, 0.1) is 0 Å². The first-order valence-electron chi connectivity index (χ1n) is 8.35. The number of benzene rings is 1. The maximum absolute atomic E-state index is 12.6. The fourth-order valence-electron chi connectivity index (χ4n) is 3.67. The normalized spacial score (nSPS) is 25.0. The maximum Gasteiger partial charge on any atom is 0.322 e. The molecule has 0 spiro atoms. The number of aliphatic hydroxyl groups excluding tert-OH is 1. The van der Waals surface area contributed by atoms with Crippen molar-refractivity contribution in [1.82, 2.24) is 9.80 Å². The Morgan fingerprint density at radius 2 is 2.04 bits per heavy atom. The Hall–Kier alpha value is -1.30. The molecule has 0 radical (unpaired) electrons. The van der Waals surface area contributed by atoms with Crippen LogP contribution in [0.1, 0.15) is 25.7 Å². The van der Waals surface area contributed by atoms with Crippen molar-refractivity contribution in [1.29, 1.82) is 0 Å². The number of urea groups is 1. The molecule has 2 amide bonds. The van der Waals surface area contributed by atoms with Gasteiger partial charge in [0.25, 0.3) is 0 Å². The summed E-state index contributed by atoms with van der Waals surface area (Å²) in [4.78, 5) is 16.8. The highest BCUT2D eigenvalue weighted by Crippen LogP contribution is 2.24. The number of likely N-dealkylation sites (tertiary alicyclic amines) is 2. The van der Waals surface area contributed by atoms with E-state index in [-0.39, 0.29) is 24.7 Å². The number of anilines is 1. The van der Waals surface area contributed by atoms with Crippen LogP contribution >= 0.6 is 11.6 Å². The quantitative estimate of drug-likeness (QED) is 0.888. The van der Waals surface area contributed by atoms with Crippen LogP contribution in [0.25, 0.3) is 0 Å². The molecule has 2 aliphatic rings. The van der Waals surface area contributed by atoms with Gasteiger partial charge in [-0.25, -0.2) is 4.79 Å². The van der Waals surface area contributed by atoms with Crippen molar-refractivity contribution < 1.29 is 9.90 Å². The monoisotopic (exact) mass is 337 g/mol. The summed E-state index contributed by atoms with van der Waals surface area (Å²) in [7, 11) is 0. The number of carbonyl (C=O) groups excluding carboxylic acids is 1. The molecule has 126 valence electrons. The lowest BCUT2D eigenvalue weighted by atomic mass is 10.2. The van der Waals surface area contributed by atoms with Crippen LogP contribution in [0.2, 0.25) is 5.02 Å². The molecule has 2 aliphatic heterocycles. The molecular weight excluding hydrogens is 314 g/mol. The molecule has 2 fully saturated rings. The SMILES string of the molecule is O=C(Nc1cccc(Cl)c1)N1CCC[C@H]1CN1CCC[C@@H]1CO. The second-order valence-corrected chi connectivity index (χ2v) is 6.84. The summed E-state index contributed by atoms with van der Waals surface area (Å²) in [6.07, 6.45) is 4.24. The first-order valence-corrected chi connectivity index (χ1v) is 8.73. The predicted molar refractivity (Wildman–Crippen MR) is 91.9 cm³/mol. The maximum atomic E-state index is 12.6. The number of amides is 2. The summed E-state index contributed by atoms with van der Waals surface area (Å²) < 4.78 is 0. The second-order valence-electron chi connectivity index (χ2n) is 6.40. The summed E-state index contributed by atoms with van der Waals surface area (Å²) >= 11 is 5.97. The zero-order valence-electron chi connectivity index (χ0n) is 13.2. The number of aliphatic hydroxyl groups is 1. The Morgan fingerprint density at radius 3 is 2.83 bits per heavy atom. The average molecular weight is 338 g/mol. The van der Waals surface area contributed by atoms with Gasteiger partial charge < -0.3 is 15.3 Å². The number of nitrogens with one attached hydrogen (secondary N) is 1. The smallest absolute Gasteiger partial charge is 0.322 e. The van der Waals surface area contributed by atoms with Gasteiger partial charge in [0.1, 0.15) is 0 Å². The molecule has 5 nitrogen and oxygen atoms in total. The van der Waals surface area contributed by atoms with Crippen molar-refractivity contribution in [3.8, 4) is 0 Å². The van der Waals surface area contributed by atoms with Crippen molar-refractivity contribution in [2.45, 2.75) is 37.8 Å². The third kappa shape index (κ3) is 3.97. The van der Waals surface area contributed by atoms with E-state index in [0.717, 1.165) is 51.0 Å². The van der Waals surface area contributed by atoms with E-state index in [1.54, 1.807) is 12.1 Å². The standard InChI is InChI=1S/C17H24ClN3O2/c18-13-4-1-5-14(10-13)19-17(23)21-9-3-6-15(21)11-20-8-2-7-16(20)12-22/h1,4-5,10,15-16,22H,2-3,6-9,11-12H2,(H,19,23)/t15-,16+/m0/s1. The highest BCUT2D eigenvalue weighted by atomic mass is 35.5. The van der Waals surface area contributed by atoms with E-state index in [2.05, 4.69) is 10.2 Å². The number of hydrogen-bond donors (Lipinski definition) is 2. The molecule has 2 atom stereocenters. The molecule has 2 heterocycles. The van der Waals surface area contributed by atoms with Gasteiger partial charge in [-0.2, -0.15) is 0 Å². The van der Waals surface area contributed by atoms with Crippen LogP contribution in [0.3, 0.4) is 0 Å². The minimum Gasteiger partial charge on any atom is -0.395 e. The first-order chi connectivity index (χ1) is 11.2. The number of nitrogens with zero attached hydrogens (tertiary/aromatic N) is 2. The Balaban J connectivity index is 1.60. The minimum atomic E-state index is -0.0606. The zero-order valence-corrected chi connectivity index (χ0v) is 14.0. The molecule has 0 unspecified atom stereocenters. The van der Waals surface area contributed by atoms with Crippen LogP contribution in [0.15, 0.2) is 24.3 Å².